The first-order valence-corrected chi connectivity index (χ1v) is 8.11. The largest absolute Gasteiger partial charge is 0.309 e. The van der Waals surface area contributed by atoms with Gasteiger partial charge in [0.1, 0.15) is 0 Å². The molecule has 0 radical (unpaired) electrons. The van der Waals surface area contributed by atoms with Gasteiger partial charge in [0, 0.05) is 25.6 Å². The van der Waals surface area contributed by atoms with Gasteiger partial charge in [-0.3, -0.25) is 0 Å². The molecule has 4 aromatic rings. The quantitative estimate of drug-likeness (QED) is 0.303. The van der Waals surface area contributed by atoms with Crippen LogP contribution in [0.4, 0.5) is 0 Å². The second-order valence-corrected chi connectivity index (χ2v) is 6.45. The van der Waals surface area contributed by atoms with E-state index < -0.39 is 0 Å². The van der Waals surface area contributed by atoms with Gasteiger partial charge in [0.2, 0.25) is 0 Å². The molecular formula is C20H12IN. The van der Waals surface area contributed by atoms with Crippen LogP contribution in [0.1, 0.15) is 5.56 Å². The Bertz CT molecular complexity index is 1030. The molecule has 0 N–H and O–H groups in total. The van der Waals surface area contributed by atoms with E-state index in [0.717, 1.165) is 5.56 Å². The lowest BCUT2D eigenvalue weighted by molar-refractivity contribution is 1.18. The predicted molar refractivity (Wildman–Crippen MR) is 101 cm³/mol. The van der Waals surface area contributed by atoms with Crippen molar-refractivity contribution >= 4 is 44.4 Å². The van der Waals surface area contributed by atoms with Crippen LogP contribution in [-0.2, 0) is 0 Å². The highest BCUT2D eigenvalue weighted by molar-refractivity contribution is 14.1. The van der Waals surface area contributed by atoms with Crippen molar-refractivity contribution in [3.05, 3.63) is 75.9 Å². The summed E-state index contributed by atoms with van der Waals surface area (Å²) in [6.07, 6.45) is 5.56. The maximum absolute atomic E-state index is 5.56. The SMILES string of the molecule is C#Cc1ccc2c(c1)c1ccccc1n2-c1ccc(I)cc1. The number of nitrogens with zero attached hydrogens (tertiary/aromatic N) is 1. The Morgan fingerprint density at radius 2 is 1.55 bits per heavy atom. The zero-order valence-electron chi connectivity index (χ0n) is 11.8. The van der Waals surface area contributed by atoms with Crippen molar-refractivity contribution in [1.29, 1.82) is 0 Å². The molecule has 0 spiro atoms. The lowest BCUT2D eigenvalue weighted by Gasteiger charge is -2.07. The molecule has 4 rings (SSSR count). The second-order valence-electron chi connectivity index (χ2n) is 5.21. The Kier molecular flexibility index (Phi) is 3.16. The van der Waals surface area contributed by atoms with E-state index in [-0.39, 0.29) is 0 Å². The molecule has 0 aliphatic heterocycles. The summed E-state index contributed by atoms with van der Waals surface area (Å²) in [6, 6.07) is 23.2. The van der Waals surface area contributed by atoms with Gasteiger partial charge < -0.3 is 4.57 Å². The summed E-state index contributed by atoms with van der Waals surface area (Å²) in [4.78, 5) is 0. The van der Waals surface area contributed by atoms with Crippen LogP contribution in [0.25, 0.3) is 27.5 Å². The van der Waals surface area contributed by atoms with E-state index in [4.69, 9.17) is 6.42 Å². The van der Waals surface area contributed by atoms with E-state index in [2.05, 4.69) is 93.7 Å². The van der Waals surface area contributed by atoms with E-state index in [1.807, 2.05) is 6.07 Å². The fourth-order valence-corrected chi connectivity index (χ4v) is 3.29. The number of hydrogen-bond acceptors (Lipinski definition) is 0. The van der Waals surface area contributed by atoms with Crippen molar-refractivity contribution < 1.29 is 0 Å². The number of rotatable bonds is 1. The molecule has 0 amide bonds. The first-order valence-electron chi connectivity index (χ1n) is 7.04. The first kappa shape index (κ1) is 13.4. The lowest BCUT2D eigenvalue weighted by atomic mass is 10.1. The van der Waals surface area contributed by atoms with Gasteiger partial charge in [-0.15, -0.1) is 6.42 Å². The van der Waals surface area contributed by atoms with Gasteiger partial charge in [0.05, 0.1) is 11.0 Å². The number of para-hydroxylation sites is 1. The number of terminal acetylenes is 1. The maximum atomic E-state index is 5.56. The highest BCUT2D eigenvalue weighted by Gasteiger charge is 2.11. The molecule has 3 aromatic carbocycles. The summed E-state index contributed by atoms with van der Waals surface area (Å²) in [5.74, 6) is 2.73. The Hall–Kier alpha value is -2.25. The van der Waals surface area contributed by atoms with Crippen LogP contribution in [0, 0.1) is 15.9 Å². The van der Waals surface area contributed by atoms with Gasteiger partial charge in [-0.05, 0) is 71.1 Å². The topological polar surface area (TPSA) is 4.93 Å². The highest BCUT2D eigenvalue weighted by atomic mass is 127. The fourth-order valence-electron chi connectivity index (χ4n) is 2.93. The summed E-state index contributed by atoms with van der Waals surface area (Å²) < 4.78 is 3.53. The summed E-state index contributed by atoms with van der Waals surface area (Å²) >= 11 is 2.33. The van der Waals surface area contributed by atoms with Crippen LogP contribution in [0.2, 0.25) is 0 Å². The standard InChI is InChI=1S/C20H12IN/c1-2-14-7-12-20-18(13-14)17-5-3-4-6-19(17)22(20)16-10-8-15(21)9-11-16/h1,3-13H. The van der Waals surface area contributed by atoms with Crippen molar-refractivity contribution in [2.24, 2.45) is 0 Å². The lowest BCUT2D eigenvalue weighted by Crippen LogP contribution is -1.93. The average molecular weight is 393 g/mol. The number of hydrogen-bond donors (Lipinski definition) is 0. The van der Waals surface area contributed by atoms with Crippen molar-refractivity contribution in [2.45, 2.75) is 0 Å². The van der Waals surface area contributed by atoms with Gasteiger partial charge >= 0.3 is 0 Å². The van der Waals surface area contributed by atoms with Crippen LogP contribution < -0.4 is 0 Å². The second kappa shape index (κ2) is 5.19. The van der Waals surface area contributed by atoms with Gasteiger partial charge in [-0.2, -0.15) is 0 Å². The third-order valence-electron chi connectivity index (χ3n) is 3.92. The summed E-state index contributed by atoms with van der Waals surface area (Å²) in [5.41, 5.74) is 4.47. The van der Waals surface area contributed by atoms with Gasteiger partial charge in [0.15, 0.2) is 0 Å². The normalized spacial score (nSPS) is 10.9. The highest BCUT2D eigenvalue weighted by Crippen LogP contribution is 2.32. The summed E-state index contributed by atoms with van der Waals surface area (Å²) in [6.45, 7) is 0. The molecule has 0 unspecified atom stereocenters. The summed E-state index contributed by atoms with van der Waals surface area (Å²) in [7, 11) is 0. The van der Waals surface area contributed by atoms with Crippen molar-refractivity contribution in [1.82, 2.24) is 4.57 Å². The maximum Gasteiger partial charge on any atom is 0.0541 e. The molecule has 0 atom stereocenters. The zero-order chi connectivity index (χ0) is 15.1. The Labute approximate surface area is 142 Å². The molecule has 1 aromatic heterocycles. The molecule has 0 saturated heterocycles. The average Bonchev–Trinajstić information content (AvgIpc) is 2.89. The monoisotopic (exact) mass is 393 g/mol. The Balaban J connectivity index is 2.16. The van der Waals surface area contributed by atoms with E-state index in [1.54, 1.807) is 0 Å². The molecule has 0 aliphatic rings. The number of benzene rings is 3. The third-order valence-corrected chi connectivity index (χ3v) is 4.64. The molecule has 0 fully saturated rings. The van der Waals surface area contributed by atoms with Crippen LogP contribution in [-0.4, -0.2) is 4.57 Å². The van der Waals surface area contributed by atoms with E-state index >= 15 is 0 Å². The fraction of sp³-hybridized carbons (Fsp3) is 0. The van der Waals surface area contributed by atoms with Crippen molar-refractivity contribution in [2.75, 3.05) is 0 Å². The minimum atomic E-state index is 0.915. The van der Waals surface area contributed by atoms with Crippen LogP contribution in [0.5, 0.6) is 0 Å². The predicted octanol–water partition coefficient (Wildman–Crippen LogP) is 5.37. The molecule has 0 saturated carbocycles. The first-order chi connectivity index (χ1) is 10.8. The van der Waals surface area contributed by atoms with E-state index in [0.29, 0.717) is 0 Å². The van der Waals surface area contributed by atoms with E-state index in [1.165, 1.54) is 31.1 Å². The number of fused-ring (bicyclic) bond motifs is 3. The minimum Gasteiger partial charge on any atom is -0.309 e. The molecule has 1 heterocycles. The Morgan fingerprint density at radius 1 is 0.818 bits per heavy atom. The van der Waals surface area contributed by atoms with Gasteiger partial charge in [-0.25, -0.2) is 0 Å². The molecular weight excluding hydrogens is 381 g/mol. The number of halogens is 1. The molecule has 0 aliphatic carbocycles. The number of aromatic nitrogens is 1. The Morgan fingerprint density at radius 3 is 2.32 bits per heavy atom. The minimum absolute atomic E-state index is 0.915. The molecule has 2 heteroatoms. The van der Waals surface area contributed by atoms with Crippen molar-refractivity contribution in [3.8, 4) is 18.0 Å². The third kappa shape index (κ3) is 2.01. The van der Waals surface area contributed by atoms with Crippen LogP contribution in [0.3, 0.4) is 0 Å². The van der Waals surface area contributed by atoms with Gasteiger partial charge in [-0.1, -0.05) is 24.1 Å². The van der Waals surface area contributed by atoms with Crippen LogP contribution >= 0.6 is 22.6 Å². The molecule has 0 bridgehead atoms. The van der Waals surface area contributed by atoms with Crippen LogP contribution in [0.15, 0.2) is 66.7 Å². The molecule has 104 valence electrons. The summed E-state index contributed by atoms with van der Waals surface area (Å²) in [5, 5.41) is 2.43. The van der Waals surface area contributed by atoms with Gasteiger partial charge in [0.25, 0.3) is 0 Å². The smallest absolute Gasteiger partial charge is 0.0541 e. The molecule has 1 nitrogen and oxygen atoms in total. The molecule has 22 heavy (non-hydrogen) atoms. The van der Waals surface area contributed by atoms with Crippen molar-refractivity contribution in [3.63, 3.8) is 0 Å². The zero-order valence-corrected chi connectivity index (χ0v) is 13.9. The van der Waals surface area contributed by atoms with E-state index in [9.17, 15) is 0 Å².